The van der Waals surface area contributed by atoms with Crippen LogP contribution < -0.4 is 5.32 Å². The molecule has 0 aromatic carbocycles. The molecule has 2 heterocycles. The Morgan fingerprint density at radius 2 is 1.78 bits per heavy atom. The standard InChI is InChI=1S/C15H30N2.ClH/c1-15(2,3)14-6-9-17(10-7-14)12-13-5-4-8-16-11-13;/h13-14,16H,4-12H2,1-3H3;1H. The molecule has 0 spiro atoms. The molecule has 0 saturated carbocycles. The number of piperidine rings is 2. The molecule has 2 rings (SSSR count). The van der Waals surface area contributed by atoms with Crippen LogP contribution in [0.1, 0.15) is 46.5 Å². The van der Waals surface area contributed by atoms with Gasteiger partial charge in [0.2, 0.25) is 0 Å². The van der Waals surface area contributed by atoms with E-state index in [0.29, 0.717) is 5.41 Å². The summed E-state index contributed by atoms with van der Waals surface area (Å²) in [4.78, 5) is 2.71. The van der Waals surface area contributed by atoms with E-state index < -0.39 is 0 Å². The summed E-state index contributed by atoms with van der Waals surface area (Å²) >= 11 is 0. The highest BCUT2D eigenvalue weighted by Crippen LogP contribution is 2.34. The van der Waals surface area contributed by atoms with Gasteiger partial charge in [0.15, 0.2) is 0 Å². The van der Waals surface area contributed by atoms with E-state index in [9.17, 15) is 0 Å². The van der Waals surface area contributed by atoms with Crippen LogP contribution >= 0.6 is 12.4 Å². The zero-order chi connectivity index (χ0) is 12.3. The lowest BCUT2D eigenvalue weighted by atomic mass is 9.75. The minimum absolute atomic E-state index is 0. The lowest BCUT2D eigenvalue weighted by molar-refractivity contribution is 0.0969. The van der Waals surface area contributed by atoms with Crippen molar-refractivity contribution in [2.75, 3.05) is 32.7 Å². The third-order valence-electron chi connectivity index (χ3n) is 4.73. The van der Waals surface area contributed by atoms with Crippen LogP contribution in [0.25, 0.3) is 0 Å². The summed E-state index contributed by atoms with van der Waals surface area (Å²) in [5.74, 6) is 1.85. The molecule has 2 aliphatic rings. The SMILES string of the molecule is CC(C)(C)C1CCN(CC2CCCNC2)CC1.Cl. The van der Waals surface area contributed by atoms with Crippen LogP contribution in [-0.4, -0.2) is 37.6 Å². The maximum Gasteiger partial charge on any atom is 0.00218 e. The van der Waals surface area contributed by atoms with Crippen molar-refractivity contribution < 1.29 is 0 Å². The molecule has 108 valence electrons. The highest BCUT2D eigenvalue weighted by atomic mass is 35.5. The van der Waals surface area contributed by atoms with Crippen LogP contribution in [0.2, 0.25) is 0 Å². The van der Waals surface area contributed by atoms with E-state index in [4.69, 9.17) is 0 Å². The number of nitrogens with one attached hydrogen (secondary N) is 1. The summed E-state index contributed by atoms with van der Waals surface area (Å²) in [5.41, 5.74) is 0.512. The van der Waals surface area contributed by atoms with Gasteiger partial charge in [-0.3, -0.25) is 0 Å². The van der Waals surface area contributed by atoms with Crippen LogP contribution in [0.3, 0.4) is 0 Å². The number of rotatable bonds is 2. The number of likely N-dealkylation sites (tertiary alicyclic amines) is 1. The van der Waals surface area contributed by atoms with Crippen molar-refractivity contribution in [3.8, 4) is 0 Å². The van der Waals surface area contributed by atoms with E-state index in [0.717, 1.165) is 11.8 Å². The lowest BCUT2D eigenvalue weighted by Gasteiger charge is -2.40. The van der Waals surface area contributed by atoms with Crippen LogP contribution in [0.15, 0.2) is 0 Å². The average Bonchev–Trinajstić information content (AvgIpc) is 2.30. The van der Waals surface area contributed by atoms with Crippen molar-refractivity contribution in [1.82, 2.24) is 10.2 Å². The summed E-state index contributed by atoms with van der Waals surface area (Å²) in [6, 6.07) is 0. The second kappa shape index (κ2) is 7.12. The smallest absolute Gasteiger partial charge is 0.00218 e. The van der Waals surface area contributed by atoms with Crippen LogP contribution in [0, 0.1) is 17.3 Å². The molecule has 0 amide bonds. The molecule has 2 aliphatic heterocycles. The fraction of sp³-hybridized carbons (Fsp3) is 1.00. The number of halogens is 1. The Hall–Kier alpha value is 0.210. The Morgan fingerprint density at radius 1 is 1.11 bits per heavy atom. The number of hydrogen-bond acceptors (Lipinski definition) is 2. The van der Waals surface area contributed by atoms with Crippen LogP contribution in [0.5, 0.6) is 0 Å². The third-order valence-corrected chi connectivity index (χ3v) is 4.73. The van der Waals surface area contributed by atoms with E-state index in [-0.39, 0.29) is 12.4 Å². The summed E-state index contributed by atoms with van der Waals surface area (Å²) < 4.78 is 0. The molecular weight excluding hydrogens is 244 g/mol. The van der Waals surface area contributed by atoms with Crippen molar-refractivity contribution in [2.24, 2.45) is 17.3 Å². The predicted molar refractivity (Wildman–Crippen MR) is 81.5 cm³/mol. The van der Waals surface area contributed by atoms with Gasteiger partial charge in [0.1, 0.15) is 0 Å². The number of nitrogens with zero attached hydrogens (tertiary/aromatic N) is 1. The molecule has 1 unspecified atom stereocenters. The van der Waals surface area contributed by atoms with E-state index in [2.05, 4.69) is 31.0 Å². The zero-order valence-electron chi connectivity index (χ0n) is 12.4. The molecule has 1 atom stereocenters. The molecule has 0 aromatic heterocycles. The van der Waals surface area contributed by atoms with Gasteiger partial charge in [0.05, 0.1) is 0 Å². The Kier molecular flexibility index (Phi) is 6.43. The van der Waals surface area contributed by atoms with Crippen LogP contribution in [0.4, 0.5) is 0 Å². The lowest BCUT2D eigenvalue weighted by Crippen LogP contribution is -2.43. The minimum atomic E-state index is 0. The second-order valence-electron chi connectivity index (χ2n) is 7.15. The second-order valence-corrected chi connectivity index (χ2v) is 7.15. The van der Waals surface area contributed by atoms with Crippen molar-refractivity contribution in [3.05, 3.63) is 0 Å². The van der Waals surface area contributed by atoms with Gasteiger partial charge < -0.3 is 10.2 Å². The first-order valence-corrected chi connectivity index (χ1v) is 7.49. The van der Waals surface area contributed by atoms with E-state index in [1.165, 1.54) is 58.4 Å². The fourth-order valence-corrected chi connectivity index (χ4v) is 3.43. The van der Waals surface area contributed by atoms with Gasteiger partial charge in [0.25, 0.3) is 0 Å². The highest BCUT2D eigenvalue weighted by molar-refractivity contribution is 5.85. The van der Waals surface area contributed by atoms with Gasteiger partial charge in [0, 0.05) is 6.54 Å². The molecule has 18 heavy (non-hydrogen) atoms. The van der Waals surface area contributed by atoms with Gasteiger partial charge in [-0.15, -0.1) is 12.4 Å². The van der Waals surface area contributed by atoms with Crippen molar-refractivity contribution in [2.45, 2.75) is 46.5 Å². The monoisotopic (exact) mass is 274 g/mol. The summed E-state index contributed by atoms with van der Waals surface area (Å²) in [7, 11) is 0. The molecule has 2 saturated heterocycles. The van der Waals surface area contributed by atoms with Gasteiger partial charge >= 0.3 is 0 Å². The quantitative estimate of drug-likeness (QED) is 0.832. The summed E-state index contributed by atoms with van der Waals surface area (Å²) in [5, 5.41) is 3.53. The Balaban J connectivity index is 0.00000162. The van der Waals surface area contributed by atoms with Crippen molar-refractivity contribution >= 4 is 12.4 Å². The molecule has 0 aliphatic carbocycles. The molecule has 3 heteroatoms. The Labute approximate surface area is 119 Å². The van der Waals surface area contributed by atoms with Gasteiger partial charge in [-0.05, 0) is 69.1 Å². The normalized spacial score (nSPS) is 27.8. The highest BCUT2D eigenvalue weighted by Gasteiger charge is 2.29. The molecule has 0 bridgehead atoms. The average molecular weight is 275 g/mol. The van der Waals surface area contributed by atoms with E-state index in [1.807, 2.05) is 0 Å². The van der Waals surface area contributed by atoms with Crippen LogP contribution in [-0.2, 0) is 0 Å². The first-order valence-electron chi connectivity index (χ1n) is 7.49. The first kappa shape index (κ1) is 16.3. The van der Waals surface area contributed by atoms with Gasteiger partial charge in [-0.1, -0.05) is 20.8 Å². The van der Waals surface area contributed by atoms with E-state index in [1.54, 1.807) is 0 Å². The minimum Gasteiger partial charge on any atom is -0.316 e. The van der Waals surface area contributed by atoms with Gasteiger partial charge in [-0.2, -0.15) is 0 Å². The van der Waals surface area contributed by atoms with E-state index >= 15 is 0 Å². The summed E-state index contributed by atoms with van der Waals surface area (Å²) in [6.07, 6.45) is 5.63. The van der Waals surface area contributed by atoms with Gasteiger partial charge in [-0.25, -0.2) is 0 Å². The fourth-order valence-electron chi connectivity index (χ4n) is 3.43. The number of hydrogen-bond donors (Lipinski definition) is 1. The first-order chi connectivity index (χ1) is 8.05. The molecular formula is C15H31ClN2. The largest absolute Gasteiger partial charge is 0.316 e. The van der Waals surface area contributed by atoms with Crippen molar-refractivity contribution in [3.63, 3.8) is 0 Å². The summed E-state index contributed by atoms with van der Waals surface area (Å²) in [6.45, 7) is 13.7. The molecule has 2 nitrogen and oxygen atoms in total. The predicted octanol–water partition coefficient (Wildman–Crippen LogP) is 3.17. The maximum atomic E-state index is 3.53. The maximum absolute atomic E-state index is 3.53. The molecule has 2 fully saturated rings. The molecule has 1 N–H and O–H groups in total. The molecule has 0 aromatic rings. The Bertz CT molecular complexity index is 223. The molecule has 0 radical (unpaired) electrons. The third kappa shape index (κ3) is 4.71. The zero-order valence-corrected chi connectivity index (χ0v) is 13.2. The van der Waals surface area contributed by atoms with Crippen molar-refractivity contribution in [1.29, 1.82) is 0 Å². The topological polar surface area (TPSA) is 15.3 Å². The Morgan fingerprint density at radius 3 is 2.28 bits per heavy atom.